The Bertz CT molecular complexity index is 835. The number of hydrogen-bond donors (Lipinski definition) is 1. The van der Waals surface area contributed by atoms with Gasteiger partial charge in [0, 0.05) is 12.4 Å². The standard InChI is InChI=1S/C21H36O4S.C5H5N/c1-4-14-6-8-18-17-7-5-15-13-16(25-26(22,23)24)9-11-21(15,3)19(17)10-12-20(14,18)2;1-2-4-6-5-3-1/h14-19H,4-13H2,1-3H3,(H,22,23,24);1-5H/t14-,15+,16+,17-,18-,19-,20+,21-;/m0./s1. The van der Waals surface area contributed by atoms with Gasteiger partial charge in [-0.15, -0.1) is 0 Å². The first-order valence-electron chi connectivity index (χ1n) is 12.7. The molecule has 4 fully saturated rings. The summed E-state index contributed by atoms with van der Waals surface area (Å²) in [5.74, 6) is 4.01. The Morgan fingerprint density at radius 1 is 0.938 bits per heavy atom. The molecular weight excluding hydrogens is 422 g/mol. The first-order chi connectivity index (χ1) is 15.2. The van der Waals surface area contributed by atoms with Crippen molar-refractivity contribution in [1.82, 2.24) is 4.98 Å². The van der Waals surface area contributed by atoms with E-state index in [9.17, 15) is 8.42 Å². The fraction of sp³-hybridized carbons (Fsp3) is 0.808. The van der Waals surface area contributed by atoms with E-state index in [0.717, 1.165) is 42.9 Å². The number of aromatic nitrogens is 1. The second-order valence-electron chi connectivity index (χ2n) is 11.3. The molecule has 8 atom stereocenters. The van der Waals surface area contributed by atoms with Crippen molar-refractivity contribution in [2.75, 3.05) is 0 Å². The summed E-state index contributed by atoms with van der Waals surface area (Å²) in [5.41, 5.74) is 0.887. The van der Waals surface area contributed by atoms with Gasteiger partial charge in [0.2, 0.25) is 0 Å². The third-order valence-corrected chi connectivity index (χ3v) is 10.6. The van der Waals surface area contributed by atoms with Crippen LogP contribution in [0.1, 0.15) is 85.0 Å². The van der Waals surface area contributed by atoms with Crippen LogP contribution in [-0.4, -0.2) is 24.1 Å². The van der Waals surface area contributed by atoms with Gasteiger partial charge in [-0.1, -0.05) is 33.3 Å². The Morgan fingerprint density at radius 3 is 2.22 bits per heavy atom. The highest BCUT2D eigenvalue weighted by molar-refractivity contribution is 7.80. The maximum Gasteiger partial charge on any atom is 0.397 e. The largest absolute Gasteiger partial charge is 0.397 e. The van der Waals surface area contributed by atoms with Crippen LogP contribution in [0.5, 0.6) is 0 Å². The lowest BCUT2D eigenvalue weighted by molar-refractivity contribution is -0.124. The van der Waals surface area contributed by atoms with E-state index < -0.39 is 10.4 Å². The number of pyridine rings is 1. The quantitative estimate of drug-likeness (QED) is 0.530. The molecule has 0 amide bonds. The first-order valence-corrected chi connectivity index (χ1v) is 14.0. The maximum absolute atomic E-state index is 11.1. The smallest absolute Gasteiger partial charge is 0.265 e. The van der Waals surface area contributed by atoms with Gasteiger partial charge in [-0.05, 0) is 110 Å². The van der Waals surface area contributed by atoms with Crippen molar-refractivity contribution in [3.8, 4) is 0 Å². The van der Waals surface area contributed by atoms with Crippen LogP contribution in [0.4, 0.5) is 0 Å². The molecule has 6 heteroatoms. The number of hydrogen-bond acceptors (Lipinski definition) is 4. The van der Waals surface area contributed by atoms with Crippen molar-refractivity contribution in [2.24, 2.45) is 40.4 Å². The third kappa shape index (κ3) is 4.65. The Balaban J connectivity index is 0.000000354. The lowest BCUT2D eigenvalue weighted by Crippen LogP contribution is -2.54. The molecule has 1 aromatic heterocycles. The van der Waals surface area contributed by atoms with E-state index in [1.165, 1.54) is 44.9 Å². The summed E-state index contributed by atoms with van der Waals surface area (Å²) in [6, 6.07) is 5.72. The van der Waals surface area contributed by atoms with E-state index in [4.69, 9.17) is 8.74 Å². The van der Waals surface area contributed by atoms with Gasteiger partial charge in [0.15, 0.2) is 0 Å². The predicted molar refractivity (Wildman–Crippen MR) is 126 cm³/mol. The Kier molecular flexibility index (Phi) is 7.05. The molecule has 0 spiro atoms. The normalized spacial score (nSPS) is 43.2. The molecule has 0 radical (unpaired) electrons. The molecule has 4 aliphatic carbocycles. The van der Waals surface area contributed by atoms with Crippen LogP contribution in [0.2, 0.25) is 0 Å². The summed E-state index contributed by atoms with van der Waals surface area (Å²) >= 11 is 0. The summed E-state index contributed by atoms with van der Waals surface area (Å²) in [4.78, 5) is 3.78. The van der Waals surface area contributed by atoms with Gasteiger partial charge < -0.3 is 0 Å². The van der Waals surface area contributed by atoms with E-state index in [0.29, 0.717) is 16.7 Å². The van der Waals surface area contributed by atoms with Crippen LogP contribution in [-0.2, 0) is 14.6 Å². The van der Waals surface area contributed by atoms with Crippen molar-refractivity contribution in [3.05, 3.63) is 30.6 Å². The van der Waals surface area contributed by atoms with Crippen LogP contribution >= 0.6 is 0 Å². The fourth-order valence-corrected chi connectivity index (χ4v) is 9.09. The molecule has 180 valence electrons. The second-order valence-corrected chi connectivity index (χ2v) is 12.4. The van der Waals surface area contributed by atoms with Crippen molar-refractivity contribution < 1.29 is 17.2 Å². The van der Waals surface area contributed by atoms with Gasteiger partial charge in [0.25, 0.3) is 0 Å². The molecule has 0 bridgehead atoms. The summed E-state index contributed by atoms with van der Waals surface area (Å²) in [6.45, 7) is 7.44. The van der Waals surface area contributed by atoms with E-state index >= 15 is 0 Å². The maximum atomic E-state index is 11.1. The third-order valence-electron chi connectivity index (χ3n) is 10.1. The molecule has 4 saturated carbocycles. The van der Waals surface area contributed by atoms with Crippen molar-refractivity contribution in [2.45, 2.75) is 91.1 Å². The van der Waals surface area contributed by atoms with Crippen LogP contribution in [0.3, 0.4) is 0 Å². The van der Waals surface area contributed by atoms with Crippen LogP contribution < -0.4 is 0 Å². The molecule has 0 aliphatic heterocycles. The van der Waals surface area contributed by atoms with Crippen molar-refractivity contribution in [1.29, 1.82) is 0 Å². The highest BCUT2D eigenvalue weighted by Gasteiger charge is 2.59. The molecule has 5 nitrogen and oxygen atoms in total. The minimum Gasteiger partial charge on any atom is -0.265 e. The molecule has 1 heterocycles. The highest BCUT2D eigenvalue weighted by atomic mass is 32.3. The predicted octanol–water partition coefficient (Wildman–Crippen LogP) is 6.32. The minimum absolute atomic E-state index is 0.327. The zero-order chi connectivity index (χ0) is 23.0. The molecule has 4 aliphatic rings. The Labute approximate surface area is 194 Å². The number of rotatable bonds is 3. The first kappa shape index (κ1) is 24.2. The van der Waals surface area contributed by atoms with Crippen molar-refractivity contribution in [3.63, 3.8) is 0 Å². The van der Waals surface area contributed by atoms with E-state index in [1.807, 2.05) is 18.2 Å². The topological polar surface area (TPSA) is 76.5 Å². The fourth-order valence-electron chi connectivity index (χ4n) is 8.57. The average molecular weight is 464 g/mol. The van der Waals surface area contributed by atoms with E-state index in [-0.39, 0.29) is 6.10 Å². The van der Waals surface area contributed by atoms with Crippen LogP contribution in [0.15, 0.2) is 30.6 Å². The molecule has 0 aromatic carbocycles. The molecule has 1 N–H and O–H groups in total. The van der Waals surface area contributed by atoms with Gasteiger partial charge in [0.05, 0.1) is 6.10 Å². The molecule has 1 aromatic rings. The van der Waals surface area contributed by atoms with E-state index in [1.54, 1.807) is 12.4 Å². The summed E-state index contributed by atoms with van der Waals surface area (Å²) in [6.07, 6.45) is 15.2. The minimum atomic E-state index is -4.33. The lowest BCUT2D eigenvalue weighted by Gasteiger charge is -2.61. The highest BCUT2D eigenvalue weighted by Crippen LogP contribution is 2.67. The Morgan fingerprint density at radius 2 is 1.62 bits per heavy atom. The van der Waals surface area contributed by atoms with Gasteiger partial charge in [0.1, 0.15) is 0 Å². The molecule has 0 unspecified atom stereocenters. The number of fused-ring (bicyclic) bond motifs is 5. The summed E-state index contributed by atoms with van der Waals surface area (Å²) in [5, 5.41) is 0. The second kappa shape index (κ2) is 9.34. The zero-order valence-corrected chi connectivity index (χ0v) is 20.8. The monoisotopic (exact) mass is 463 g/mol. The molecule has 5 rings (SSSR count). The van der Waals surface area contributed by atoms with Gasteiger partial charge in [-0.25, -0.2) is 4.18 Å². The number of nitrogens with zero attached hydrogens (tertiary/aromatic N) is 1. The lowest BCUT2D eigenvalue weighted by atomic mass is 9.44. The zero-order valence-electron chi connectivity index (χ0n) is 19.9. The van der Waals surface area contributed by atoms with Gasteiger partial charge >= 0.3 is 10.4 Å². The Hall–Kier alpha value is -0.980. The average Bonchev–Trinajstić information content (AvgIpc) is 3.11. The summed E-state index contributed by atoms with van der Waals surface area (Å²) < 4.78 is 36.2. The van der Waals surface area contributed by atoms with Crippen LogP contribution in [0, 0.1) is 40.4 Å². The van der Waals surface area contributed by atoms with Gasteiger partial charge in [-0.3, -0.25) is 9.54 Å². The SMILES string of the molecule is CC[C@H]1CC[C@H]2[C@@H]3CC[C@@H]4C[C@H](OS(=O)(=O)O)CC[C@]4(C)[C@H]3CC[C@]12C.c1ccncc1. The summed E-state index contributed by atoms with van der Waals surface area (Å²) in [7, 11) is -4.33. The molecule has 32 heavy (non-hydrogen) atoms. The van der Waals surface area contributed by atoms with Crippen LogP contribution in [0.25, 0.3) is 0 Å². The van der Waals surface area contributed by atoms with Gasteiger partial charge in [-0.2, -0.15) is 8.42 Å². The molecule has 0 saturated heterocycles. The van der Waals surface area contributed by atoms with E-state index in [2.05, 4.69) is 25.8 Å². The van der Waals surface area contributed by atoms with Crippen molar-refractivity contribution >= 4 is 10.4 Å². The molecular formula is C26H41NO4S.